The Balaban J connectivity index is 1.87. The van der Waals surface area contributed by atoms with Crippen molar-refractivity contribution in [3.8, 4) is 11.5 Å². The van der Waals surface area contributed by atoms with Crippen LogP contribution in [0, 0.1) is 0 Å². The largest absolute Gasteiger partial charge is 0.496 e. The lowest BCUT2D eigenvalue weighted by Crippen LogP contribution is -2.24. The Morgan fingerprint density at radius 1 is 1.21 bits per heavy atom. The lowest BCUT2D eigenvalue weighted by molar-refractivity contribution is 0.236. The van der Waals surface area contributed by atoms with Gasteiger partial charge in [0.1, 0.15) is 17.3 Å². The van der Waals surface area contributed by atoms with Crippen LogP contribution in [0.4, 0.5) is 5.82 Å². The summed E-state index contributed by atoms with van der Waals surface area (Å²) in [6.45, 7) is 1.79. The molecule has 2 aromatic rings. The zero-order chi connectivity index (χ0) is 16.9. The first kappa shape index (κ1) is 16.5. The average Bonchev–Trinajstić information content (AvgIpc) is 3.10. The summed E-state index contributed by atoms with van der Waals surface area (Å²) in [5.41, 5.74) is 2.08. The van der Waals surface area contributed by atoms with Crippen molar-refractivity contribution in [2.75, 3.05) is 33.1 Å². The zero-order valence-electron chi connectivity index (χ0n) is 14.5. The number of methoxy groups -OCH3 is 2. The molecule has 1 aromatic heterocycles. The van der Waals surface area contributed by atoms with Crippen LogP contribution in [-0.2, 0) is 6.54 Å². The molecule has 0 radical (unpaired) electrons. The molecule has 0 aliphatic carbocycles. The quantitative estimate of drug-likeness (QED) is 0.880. The highest BCUT2D eigenvalue weighted by atomic mass is 16.5. The second-order valence-corrected chi connectivity index (χ2v) is 5.85. The number of hydrogen-bond acceptors (Lipinski definition) is 6. The van der Waals surface area contributed by atoms with Crippen LogP contribution in [0.2, 0.25) is 0 Å². The Bertz CT molecular complexity index is 670. The summed E-state index contributed by atoms with van der Waals surface area (Å²) in [4.78, 5) is 11.4. The molecule has 1 aromatic carbocycles. The van der Waals surface area contributed by atoms with E-state index in [9.17, 15) is 0 Å². The van der Waals surface area contributed by atoms with Crippen molar-refractivity contribution in [3.63, 3.8) is 0 Å². The Morgan fingerprint density at radius 3 is 2.62 bits per heavy atom. The van der Waals surface area contributed by atoms with Gasteiger partial charge in [0.15, 0.2) is 0 Å². The topological polar surface area (TPSA) is 59.5 Å². The van der Waals surface area contributed by atoms with Gasteiger partial charge in [-0.2, -0.15) is 0 Å². The maximum absolute atomic E-state index is 5.53. The maximum Gasteiger partial charge on any atom is 0.144 e. The molecule has 6 heteroatoms. The fraction of sp³-hybridized carbons (Fsp3) is 0.444. The number of hydrogen-bond donors (Lipinski definition) is 1. The summed E-state index contributed by atoms with van der Waals surface area (Å²) >= 11 is 0. The van der Waals surface area contributed by atoms with E-state index in [4.69, 9.17) is 9.47 Å². The molecule has 1 fully saturated rings. The minimum absolute atomic E-state index is 0.264. The summed E-state index contributed by atoms with van der Waals surface area (Å²) in [5, 5.41) is 3.06. The molecule has 3 rings (SSSR count). The van der Waals surface area contributed by atoms with Gasteiger partial charge in [-0.15, -0.1) is 0 Å². The number of benzene rings is 1. The van der Waals surface area contributed by atoms with E-state index in [1.165, 1.54) is 0 Å². The standard InChI is InChI=1S/C18H24N4O2/c1-19-18-11-20-10-14(21-18)15-6-5-9-22(15)12-13-16(23-2)7-4-8-17(13)24-3/h4,7-8,10-11,15H,5-6,9,12H2,1-3H3,(H,19,21)/t15-/m1/s1. The highest BCUT2D eigenvalue weighted by molar-refractivity contribution is 5.45. The first-order valence-electron chi connectivity index (χ1n) is 8.20. The Kier molecular flexibility index (Phi) is 5.15. The molecule has 1 aliphatic heterocycles. The van der Waals surface area contributed by atoms with E-state index in [1.54, 1.807) is 20.4 Å². The first-order chi connectivity index (χ1) is 11.8. The van der Waals surface area contributed by atoms with Gasteiger partial charge in [0, 0.05) is 13.6 Å². The monoisotopic (exact) mass is 328 g/mol. The number of ether oxygens (including phenoxy) is 2. The molecule has 0 saturated carbocycles. The number of anilines is 1. The van der Waals surface area contributed by atoms with Gasteiger partial charge in [0.25, 0.3) is 0 Å². The zero-order valence-corrected chi connectivity index (χ0v) is 14.5. The average molecular weight is 328 g/mol. The van der Waals surface area contributed by atoms with E-state index in [2.05, 4.69) is 20.2 Å². The summed E-state index contributed by atoms with van der Waals surface area (Å²) in [7, 11) is 5.25. The van der Waals surface area contributed by atoms with E-state index in [0.717, 1.165) is 54.5 Å². The van der Waals surface area contributed by atoms with Crippen molar-refractivity contribution < 1.29 is 9.47 Å². The predicted octanol–water partition coefficient (Wildman–Crippen LogP) is 2.87. The Labute approximate surface area is 142 Å². The Hall–Kier alpha value is -2.34. The second-order valence-electron chi connectivity index (χ2n) is 5.85. The number of nitrogens with one attached hydrogen (secondary N) is 1. The van der Waals surface area contributed by atoms with Gasteiger partial charge in [-0.05, 0) is 31.5 Å². The van der Waals surface area contributed by atoms with Crippen LogP contribution in [0.1, 0.15) is 30.1 Å². The number of aromatic nitrogens is 2. The van der Waals surface area contributed by atoms with Crippen molar-refractivity contribution in [1.82, 2.24) is 14.9 Å². The van der Waals surface area contributed by atoms with Gasteiger partial charge in [-0.25, -0.2) is 4.98 Å². The van der Waals surface area contributed by atoms with Crippen LogP contribution in [0.3, 0.4) is 0 Å². The molecular weight excluding hydrogens is 304 g/mol. The third-order valence-electron chi connectivity index (χ3n) is 4.51. The van der Waals surface area contributed by atoms with E-state index in [-0.39, 0.29) is 6.04 Å². The SMILES string of the molecule is CNc1cncc([C@H]2CCCN2Cc2c(OC)cccc2OC)n1. The molecule has 1 atom stereocenters. The first-order valence-corrected chi connectivity index (χ1v) is 8.20. The minimum atomic E-state index is 0.264. The third kappa shape index (κ3) is 3.28. The summed E-state index contributed by atoms with van der Waals surface area (Å²) in [5.74, 6) is 2.51. The lowest BCUT2D eigenvalue weighted by atomic mass is 10.1. The molecule has 2 heterocycles. The number of rotatable bonds is 6. The Morgan fingerprint density at radius 2 is 1.96 bits per heavy atom. The van der Waals surface area contributed by atoms with Gasteiger partial charge >= 0.3 is 0 Å². The highest BCUT2D eigenvalue weighted by Crippen LogP contribution is 2.36. The van der Waals surface area contributed by atoms with E-state index >= 15 is 0 Å². The lowest BCUT2D eigenvalue weighted by Gasteiger charge is -2.25. The molecule has 128 valence electrons. The molecule has 1 aliphatic rings. The molecule has 1 saturated heterocycles. The van der Waals surface area contributed by atoms with Crippen molar-refractivity contribution in [3.05, 3.63) is 41.9 Å². The van der Waals surface area contributed by atoms with Crippen LogP contribution < -0.4 is 14.8 Å². The van der Waals surface area contributed by atoms with Crippen molar-refractivity contribution >= 4 is 5.82 Å². The van der Waals surface area contributed by atoms with Gasteiger partial charge in [0.2, 0.25) is 0 Å². The van der Waals surface area contributed by atoms with Crippen LogP contribution in [0.5, 0.6) is 11.5 Å². The molecular formula is C18H24N4O2. The summed E-state index contributed by atoms with van der Waals surface area (Å²) in [6, 6.07) is 6.17. The fourth-order valence-electron chi connectivity index (χ4n) is 3.30. The predicted molar refractivity (Wildman–Crippen MR) is 93.5 cm³/mol. The molecule has 6 nitrogen and oxygen atoms in total. The van der Waals surface area contributed by atoms with Crippen molar-refractivity contribution in [2.24, 2.45) is 0 Å². The van der Waals surface area contributed by atoms with E-state index in [1.807, 2.05) is 31.4 Å². The van der Waals surface area contributed by atoms with Gasteiger partial charge in [-0.1, -0.05) is 6.07 Å². The molecule has 1 N–H and O–H groups in total. The number of likely N-dealkylation sites (tertiary alicyclic amines) is 1. The van der Waals surface area contributed by atoms with Gasteiger partial charge < -0.3 is 14.8 Å². The van der Waals surface area contributed by atoms with Crippen LogP contribution in [0.15, 0.2) is 30.6 Å². The maximum atomic E-state index is 5.53. The van der Waals surface area contributed by atoms with E-state index < -0.39 is 0 Å². The summed E-state index contributed by atoms with van der Waals surface area (Å²) < 4.78 is 11.1. The summed E-state index contributed by atoms with van der Waals surface area (Å²) in [6.07, 6.45) is 5.84. The minimum Gasteiger partial charge on any atom is -0.496 e. The molecule has 0 unspecified atom stereocenters. The second kappa shape index (κ2) is 7.49. The van der Waals surface area contributed by atoms with Crippen LogP contribution in [-0.4, -0.2) is 42.7 Å². The normalized spacial score (nSPS) is 17.7. The van der Waals surface area contributed by atoms with E-state index in [0.29, 0.717) is 0 Å². The van der Waals surface area contributed by atoms with Crippen molar-refractivity contribution in [2.45, 2.75) is 25.4 Å². The molecule has 0 amide bonds. The van der Waals surface area contributed by atoms with Crippen molar-refractivity contribution in [1.29, 1.82) is 0 Å². The van der Waals surface area contributed by atoms with Crippen LogP contribution in [0.25, 0.3) is 0 Å². The van der Waals surface area contributed by atoms with Gasteiger partial charge in [0.05, 0.1) is 43.9 Å². The molecule has 0 spiro atoms. The number of nitrogens with zero attached hydrogens (tertiary/aromatic N) is 3. The van der Waals surface area contributed by atoms with Gasteiger partial charge in [-0.3, -0.25) is 9.88 Å². The smallest absolute Gasteiger partial charge is 0.144 e. The molecule has 24 heavy (non-hydrogen) atoms. The highest BCUT2D eigenvalue weighted by Gasteiger charge is 2.29. The van der Waals surface area contributed by atoms with Crippen LogP contribution >= 0.6 is 0 Å². The molecule has 0 bridgehead atoms. The fourth-order valence-corrected chi connectivity index (χ4v) is 3.30. The third-order valence-corrected chi connectivity index (χ3v) is 4.51.